The predicted molar refractivity (Wildman–Crippen MR) is 60.7 cm³/mol. The molecule has 0 aliphatic heterocycles. The lowest BCUT2D eigenvalue weighted by Crippen LogP contribution is -2.10. The van der Waals surface area contributed by atoms with Gasteiger partial charge in [-0.05, 0) is 12.1 Å². The van der Waals surface area contributed by atoms with Gasteiger partial charge >= 0.3 is 0 Å². The lowest BCUT2D eigenvalue weighted by atomic mass is 10.3. The smallest absolute Gasteiger partial charge is 0.260 e. The quantitative estimate of drug-likeness (QED) is 0.646. The summed E-state index contributed by atoms with van der Waals surface area (Å²) in [7, 11) is 0. The molecule has 0 bridgehead atoms. The van der Waals surface area contributed by atoms with Gasteiger partial charge in [-0.15, -0.1) is 11.6 Å². The summed E-state index contributed by atoms with van der Waals surface area (Å²) in [6.45, 7) is 0. The molecule has 80 valence electrons. The molecule has 0 amide bonds. The molecule has 5 nitrogen and oxygen atoms in total. The van der Waals surface area contributed by atoms with E-state index in [1.165, 1.54) is 0 Å². The Balaban J connectivity index is 2.57. The van der Waals surface area contributed by atoms with Crippen LogP contribution in [0.2, 0.25) is 0 Å². The molecule has 16 heavy (non-hydrogen) atoms. The summed E-state index contributed by atoms with van der Waals surface area (Å²) in [5.41, 5.74) is 1.68. The zero-order chi connectivity index (χ0) is 11.1. The Morgan fingerprint density at radius 2 is 2.38 bits per heavy atom. The molecule has 0 aromatic carbocycles. The Kier molecular flexibility index (Phi) is 1.94. The molecule has 0 aliphatic carbocycles. The number of pyridine rings is 1. The highest BCUT2D eigenvalue weighted by molar-refractivity contribution is 6.16. The summed E-state index contributed by atoms with van der Waals surface area (Å²) in [6.07, 6.45) is 1.63. The second-order valence-corrected chi connectivity index (χ2v) is 3.66. The normalized spacial score (nSPS) is 11.3. The topological polar surface area (TPSA) is 63.0 Å². The first-order chi connectivity index (χ1) is 7.79. The van der Waals surface area contributed by atoms with E-state index < -0.39 is 0 Å². The van der Waals surface area contributed by atoms with Gasteiger partial charge in [-0.3, -0.25) is 4.79 Å². The average Bonchev–Trinajstić information content (AvgIpc) is 2.72. The van der Waals surface area contributed by atoms with Crippen LogP contribution in [0.5, 0.6) is 0 Å². The third kappa shape index (κ3) is 1.22. The van der Waals surface area contributed by atoms with E-state index in [1.54, 1.807) is 28.9 Å². The summed E-state index contributed by atoms with van der Waals surface area (Å²) in [5, 5.41) is 4.77. The van der Waals surface area contributed by atoms with Crippen LogP contribution in [-0.4, -0.2) is 19.6 Å². The Labute approximate surface area is 94.7 Å². The van der Waals surface area contributed by atoms with E-state index >= 15 is 0 Å². The first-order valence-corrected chi connectivity index (χ1v) is 5.24. The highest BCUT2D eigenvalue weighted by Gasteiger charge is 2.08. The molecule has 0 atom stereocenters. The van der Waals surface area contributed by atoms with Gasteiger partial charge in [-0.25, -0.2) is 4.98 Å². The molecule has 3 aromatic heterocycles. The molecule has 0 fully saturated rings. The number of halogens is 1. The third-order valence-electron chi connectivity index (χ3n) is 2.37. The lowest BCUT2D eigenvalue weighted by molar-refractivity contribution is 0.929. The van der Waals surface area contributed by atoms with Crippen molar-refractivity contribution in [2.75, 3.05) is 0 Å². The van der Waals surface area contributed by atoms with E-state index in [-0.39, 0.29) is 5.56 Å². The van der Waals surface area contributed by atoms with Crippen molar-refractivity contribution in [3.63, 3.8) is 0 Å². The summed E-state index contributed by atoms with van der Waals surface area (Å²) >= 11 is 5.70. The Morgan fingerprint density at radius 1 is 1.50 bits per heavy atom. The van der Waals surface area contributed by atoms with Crippen LogP contribution in [0.15, 0.2) is 29.2 Å². The van der Waals surface area contributed by atoms with Crippen molar-refractivity contribution < 1.29 is 0 Å². The van der Waals surface area contributed by atoms with Crippen LogP contribution < -0.4 is 5.56 Å². The van der Waals surface area contributed by atoms with Crippen LogP contribution in [0.25, 0.3) is 16.7 Å². The number of nitrogens with zero attached hydrogens (tertiary/aromatic N) is 3. The Morgan fingerprint density at radius 3 is 3.19 bits per heavy atom. The minimum atomic E-state index is -0.170. The Bertz CT molecular complexity index is 730. The average molecular weight is 235 g/mol. The van der Waals surface area contributed by atoms with Gasteiger partial charge in [0.15, 0.2) is 5.65 Å². The first kappa shape index (κ1) is 9.35. The van der Waals surface area contributed by atoms with E-state index in [4.69, 9.17) is 11.6 Å². The van der Waals surface area contributed by atoms with Crippen LogP contribution in [0, 0.1) is 0 Å². The zero-order valence-electron chi connectivity index (χ0n) is 8.14. The van der Waals surface area contributed by atoms with Gasteiger partial charge in [0, 0.05) is 12.3 Å². The minimum absolute atomic E-state index is 0.170. The SMILES string of the molecule is O=c1[nH]c2cc(CCl)nn2c2ncccc12. The highest BCUT2D eigenvalue weighted by Crippen LogP contribution is 2.10. The summed E-state index contributed by atoms with van der Waals surface area (Å²) in [4.78, 5) is 18.6. The second-order valence-electron chi connectivity index (χ2n) is 3.40. The number of aromatic amines is 1. The van der Waals surface area contributed by atoms with Crippen molar-refractivity contribution >= 4 is 28.3 Å². The number of alkyl halides is 1. The van der Waals surface area contributed by atoms with Crippen molar-refractivity contribution in [3.05, 3.63) is 40.4 Å². The van der Waals surface area contributed by atoms with Crippen LogP contribution in [0.1, 0.15) is 5.69 Å². The van der Waals surface area contributed by atoms with Crippen LogP contribution in [-0.2, 0) is 5.88 Å². The standard InChI is InChI=1S/C10H7ClN4O/c11-5-6-4-8-13-10(16)7-2-1-3-12-9(7)15(8)14-6/h1-4H,5H2,(H,13,16). The van der Waals surface area contributed by atoms with Gasteiger partial charge in [-0.2, -0.15) is 9.61 Å². The van der Waals surface area contributed by atoms with Gasteiger partial charge in [0.1, 0.15) is 5.65 Å². The molecule has 6 heteroatoms. The maximum absolute atomic E-state index is 11.7. The fourth-order valence-electron chi connectivity index (χ4n) is 1.67. The molecule has 0 unspecified atom stereocenters. The number of nitrogens with one attached hydrogen (secondary N) is 1. The van der Waals surface area contributed by atoms with E-state index in [2.05, 4.69) is 15.1 Å². The molecule has 0 spiro atoms. The number of hydrogen-bond acceptors (Lipinski definition) is 3. The highest BCUT2D eigenvalue weighted by atomic mass is 35.5. The maximum Gasteiger partial charge on any atom is 0.260 e. The lowest BCUT2D eigenvalue weighted by Gasteiger charge is -1.98. The molecule has 0 saturated carbocycles. The minimum Gasteiger partial charge on any atom is -0.306 e. The Hall–Kier alpha value is -1.88. The van der Waals surface area contributed by atoms with E-state index in [0.717, 1.165) is 0 Å². The van der Waals surface area contributed by atoms with Gasteiger partial charge in [0.25, 0.3) is 5.56 Å². The van der Waals surface area contributed by atoms with E-state index in [0.29, 0.717) is 28.3 Å². The summed E-state index contributed by atoms with van der Waals surface area (Å²) < 4.78 is 1.59. The summed E-state index contributed by atoms with van der Waals surface area (Å²) in [6, 6.07) is 5.17. The first-order valence-electron chi connectivity index (χ1n) is 4.71. The third-order valence-corrected chi connectivity index (χ3v) is 2.64. The number of fused-ring (bicyclic) bond motifs is 3. The van der Waals surface area contributed by atoms with Crippen LogP contribution in [0.4, 0.5) is 0 Å². The van der Waals surface area contributed by atoms with Crippen molar-refractivity contribution in [3.8, 4) is 0 Å². The molecule has 0 radical (unpaired) electrons. The van der Waals surface area contributed by atoms with Gasteiger partial charge < -0.3 is 4.98 Å². The fraction of sp³-hybridized carbons (Fsp3) is 0.100. The molecular formula is C10H7ClN4O. The van der Waals surface area contributed by atoms with E-state index in [9.17, 15) is 4.79 Å². The van der Waals surface area contributed by atoms with Gasteiger partial charge in [0.05, 0.1) is 17.0 Å². The van der Waals surface area contributed by atoms with Crippen molar-refractivity contribution in [2.45, 2.75) is 5.88 Å². The van der Waals surface area contributed by atoms with Crippen molar-refractivity contribution in [1.29, 1.82) is 0 Å². The van der Waals surface area contributed by atoms with Crippen molar-refractivity contribution in [2.24, 2.45) is 0 Å². The molecule has 3 rings (SSSR count). The largest absolute Gasteiger partial charge is 0.306 e. The van der Waals surface area contributed by atoms with Crippen LogP contribution in [0.3, 0.4) is 0 Å². The molecule has 0 aliphatic rings. The molecule has 3 heterocycles. The number of hydrogen-bond donors (Lipinski definition) is 1. The fourth-order valence-corrected chi connectivity index (χ4v) is 1.80. The number of aromatic nitrogens is 4. The van der Waals surface area contributed by atoms with Crippen molar-refractivity contribution in [1.82, 2.24) is 19.6 Å². The van der Waals surface area contributed by atoms with Crippen LogP contribution >= 0.6 is 11.6 Å². The monoisotopic (exact) mass is 234 g/mol. The summed E-state index contributed by atoms with van der Waals surface area (Å²) in [5.74, 6) is 0.304. The predicted octanol–water partition coefficient (Wildman–Crippen LogP) is 1.31. The number of rotatable bonds is 1. The maximum atomic E-state index is 11.7. The second kappa shape index (κ2) is 3.31. The molecule has 0 saturated heterocycles. The molecule has 1 N–H and O–H groups in total. The van der Waals surface area contributed by atoms with E-state index in [1.807, 2.05) is 0 Å². The number of H-pyrrole nitrogens is 1. The zero-order valence-corrected chi connectivity index (χ0v) is 8.90. The van der Waals surface area contributed by atoms with Gasteiger partial charge in [-0.1, -0.05) is 0 Å². The molecule has 3 aromatic rings. The molecular weight excluding hydrogens is 228 g/mol. The van der Waals surface area contributed by atoms with Gasteiger partial charge in [0.2, 0.25) is 0 Å².